The summed E-state index contributed by atoms with van der Waals surface area (Å²) in [7, 11) is 1.67. The maximum Gasteiger partial charge on any atom is 0.161 e. The normalized spacial score (nSPS) is 23.7. The zero-order chi connectivity index (χ0) is 13.5. The second-order valence-corrected chi connectivity index (χ2v) is 5.35. The van der Waals surface area contributed by atoms with Crippen molar-refractivity contribution in [3.63, 3.8) is 0 Å². The molecule has 0 bridgehead atoms. The van der Waals surface area contributed by atoms with Crippen LogP contribution in [0.15, 0.2) is 24.3 Å². The van der Waals surface area contributed by atoms with Crippen molar-refractivity contribution in [2.24, 2.45) is 11.7 Å². The van der Waals surface area contributed by atoms with E-state index in [0.29, 0.717) is 12.0 Å². The number of para-hydroxylation sites is 2. The second-order valence-electron chi connectivity index (χ2n) is 5.35. The van der Waals surface area contributed by atoms with Crippen LogP contribution in [0.1, 0.15) is 38.5 Å². The fourth-order valence-electron chi connectivity index (χ4n) is 2.83. The van der Waals surface area contributed by atoms with Crippen molar-refractivity contribution in [1.82, 2.24) is 0 Å². The quantitative estimate of drug-likeness (QED) is 0.828. The highest BCUT2D eigenvalue weighted by molar-refractivity contribution is 5.39. The number of rotatable bonds is 5. The van der Waals surface area contributed by atoms with Crippen LogP contribution < -0.4 is 15.2 Å². The Balaban J connectivity index is 1.82. The van der Waals surface area contributed by atoms with Crippen molar-refractivity contribution in [3.05, 3.63) is 24.3 Å². The Morgan fingerprint density at radius 2 is 1.84 bits per heavy atom. The predicted octanol–water partition coefficient (Wildman–Crippen LogP) is 3.37. The Hall–Kier alpha value is -1.22. The average Bonchev–Trinajstić information content (AvgIpc) is 2.64. The molecule has 0 saturated heterocycles. The molecule has 0 heterocycles. The molecule has 1 aromatic carbocycles. The average molecular weight is 263 g/mol. The molecule has 19 heavy (non-hydrogen) atoms. The maximum absolute atomic E-state index is 6.23. The Morgan fingerprint density at radius 1 is 1.11 bits per heavy atom. The number of nitrogens with two attached hydrogens (primary N) is 1. The van der Waals surface area contributed by atoms with E-state index in [-0.39, 0.29) is 0 Å². The lowest BCUT2D eigenvalue weighted by molar-refractivity contribution is 0.244. The number of hydrogen-bond donors (Lipinski definition) is 1. The van der Waals surface area contributed by atoms with E-state index in [1.807, 2.05) is 24.3 Å². The molecule has 2 unspecified atom stereocenters. The Morgan fingerprint density at radius 3 is 2.63 bits per heavy atom. The van der Waals surface area contributed by atoms with Gasteiger partial charge in [-0.1, -0.05) is 31.4 Å². The molecule has 2 rings (SSSR count). The van der Waals surface area contributed by atoms with E-state index in [4.69, 9.17) is 15.2 Å². The molecule has 0 amide bonds. The summed E-state index contributed by atoms with van der Waals surface area (Å²) in [6, 6.07) is 8.14. The summed E-state index contributed by atoms with van der Waals surface area (Å²) in [6.45, 7) is 0.721. The van der Waals surface area contributed by atoms with Gasteiger partial charge in [0, 0.05) is 6.04 Å². The Bertz CT molecular complexity index is 381. The summed E-state index contributed by atoms with van der Waals surface area (Å²) in [5.41, 5.74) is 6.23. The zero-order valence-electron chi connectivity index (χ0n) is 11.8. The van der Waals surface area contributed by atoms with Crippen LogP contribution in [-0.2, 0) is 0 Å². The fraction of sp³-hybridized carbons (Fsp3) is 0.625. The predicted molar refractivity (Wildman–Crippen MR) is 77.7 cm³/mol. The Kier molecular flexibility index (Phi) is 5.52. The van der Waals surface area contributed by atoms with Crippen LogP contribution in [0, 0.1) is 5.92 Å². The van der Waals surface area contributed by atoms with Crippen LogP contribution in [0.3, 0.4) is 0 Å². The molecule has 0 spiro atoms. The molecule has 0 aromatic heterocycles. The molecule has 1 saturated carbocycles. The highest BCUT2D eigenvalue weighted by Gasteiger charge is 2.20. The van der Waals surface area contributed by atoms with Crippen molar-refractivity contribution in [2.75, 3.05) is 13.7 Å². The first-order valence-corrected chi connectivity index (χ1v) is 7.32. The van der Waals surface area contributed by atoms with Gasteiger partial charge in [0.2, 0.25) is 0 Å². The van der Waals surface area contributed by atoms with Gasteiger partial charge < -0.3 is 15.2 Å². The van der Waals surface area contributed by atoms with Crippen LogP contribution in [0.5, 0.6) is 11.5 Å². The second kappa shape index (κ2) is 7.39. The topological polar surface area (TPSA) is 44.5 Å². The third-order valence-corrected chi connectivity index (χ3v) is 4.03. The van der Waals surface area contributed by atoms with Gasteiger partial charge in [-0.3, -0.25) is 0 Å². The largest absolute Gasteiger partial charge is 0.493 e. The molecule has 3 nitrogen and oxygen atoms in total. The number of methoxy groups -OCH3 is 1. The molecule has 3 heteroatoms. The first-order valence-electron chi connectivity index (χ1n) is 7.32. The van der Waals surface area contributed by atoms with Crippen LogP contribution in [0.25, 0.3) is 0 Å². The summed E-state index contributed by atoms with van der Waals surface area (Å²) in [5, 5.41) is 0. The molecule has 1 aliphatic carbocycles. The third-order valence-electron chi connectivity index (χ3n) is 4.03. The molecule has 1 aromatic rings. The number of benzene rings is 1. The van der Waals surface area contributed by atoms with Gasteiger partial charge in [0.25, 0.3) is 0 Å². The van der Waals surface area contributed by atoms with Gasteiger partial charge in [0.1, 0.15) is 0 Å². The van der Waals surface area contributed by atoms with Crippen molar-refractivity contribution in [2.45, 2.75) is 44.6 Å². The lowest BCUT2D eigenvalue weighted by Gasteiger charge is -2.21. The molecule has 1 aliphatic rings. The van der Waals surface area contributed by atoms with E-state index in [9.17, 15) is 0 Å². The number of ether oxygens (including phenoxy) is 2. The summed E-state index contributed by atoms with van der Waals surface area (Å²) in [4.78, 5) is 0. The maximum atomic E-state index is 6.23. The first kappa shape index (κ1) is 14.2. The fourth-order valence-corrected chi connectivity index (χ4v) is 2.83. The van der Waals surface area contributed by atoms with Crippen LogP contribution >= 0.6 is 0 Å². The summed E-state index contributed by atoms with van der Waals surface area (Å²) >= 11 is 0. The molecule has 0 radical (unpaired) electrons. The molecule has 0 aliphatic heterocycles. The summed E-state index contributed by atoms with van der Waals surface area (Å²) in [5.74, 6) is 2.23. The minimum absolute atomic E-state index is 0.351. The van der Waals surface area contributed by atoms with E-state index in [1.165, 1.54) is 32.1 Å². The van der Waals surface area contributed by atoms with E-state index in [2.05, 4.69) is 0 Å². The monoisotopic (exact) mass is 263 g/mol. The lowest BCUT2D eigenvalue weighted by atomic mass is 9.93. The smallest absolute Gasteiger partial charge is 0.161 e. The summed E-state index contributed by atoms with van der Waals surface area (Å²) in [6.07, 6.45) is 7.38. The van der Waals surface area contributed by atoms with Gasteiger partial charge in [-0.05, 0) is 37.3 Å². The first-order chi connectivity index (χ1) is 9.31. The van der Waals surface area contributed by atoms with E-state index >= 15 is 0 Å². The van der Waals surface area contributed by atoms with Crippen LogP contribution in [0.4, 0.5) is 0 Å². The lowest BCUT2D eigenvalue weighted by Crippen LogP contribution is -2.30. The van der Waals surface area contributed by atoms with Gasteiger partial charge in [-0.15, -0.1) is 0 Å². The molecular weight excluding hydrogens is 238 g/mol. The van der Waals surface area contributed by atoms with Crippen LogP contribution in [0.2, 0.25) is 0 Å². The highest BCUT2D eigenvalue weighted by Crippen LogP contribution is 2.28. The van der Waals surface area contributed by atoms with Crippen molar-refractivity contribution in [3.8, 4) is 11.5 Å². The molecule has 106 valence electrons. The van der Waals surface area contributed by atoms with Gasteiger partial charge in [-0.2, -0.15) is 0 Å². The third kappa shape index (κ3) is 4.13. The standard InChI is InChI=1S/C16H25NO2/c1-18-15-9-5-6-10-16(15)19-12-11-13-7-3-2-4-8-14(13)17/h5-6,9-10,13-14H,2-4,7-8,11-12,17H2,1H3. The zero-order valence-corrected chi connectivity index (χ0v) is 11.8. The SMILES string of the molecule is COc1ccccc1OCCC1CCCCCC1N. The van der Waals surface area contributed by atoms with Gasteiger partial charge in [0.05, 0.1) is 13.7 Å². The van der Waals surface area contributed by atoms with Gasteiger partial charge in [-0.25, -0.2) is 0 Å². The minimum atomic E-state index is 0.351. The van der Waals surface area contributed by atoms with E-state index in [1.54, 1.807) is 7.11 Å². The molecular formula is C16H25NO2. The molecule has 2 N–H and O–H groups in total. The van der Waals surface area contributed by atoms with Gasteiger partial charge >= 0.3 is 0 Å². The molecule has 1 fully saturated rings. The van der Waals surface area contributed by atoms with Gasteiger partial charge in [0.15, 0.2) is 11.5 Å². The van der Waals surface area contributed by atoms with Crippen molar-refractivity contribution >= 4 is 0 Å². The van der Waals surface area contributed by atoms with Crippen molar-refractivity contribution in [1.29, 1.82) is 0 Å². The van der Waals surface area contributed by atoms with Crippen LogP contribution in [-0.4, -0.2) is 19.8 Å². The number of hydrogen-bond acceptors (Lipinski definition) is 3. The molecule has 2 atom stereocenters. The minimum Gasteiger partial charge on any atom is -0.493 e. The Labute approximate surface area is 116 Å². The van der Waals surface area contributed by atoms with E-state index < -0.39 is 0 Å². The highest BCUT2D eigenvalue weighted by atomic mass is 16.5. The summed E-state index contributed by atoms with van der Waals surface area (Å²) < 4.78 is 11.1. The van der Waals surface area contributed by atoms with Crippen molar-refractivity contribution < 1.29 is 9.47 Å². The van der Waals surface area contributed by atoms with E-state index in [0.717, 1.165) is 24.5 Å².